The molecule has 8 nitrogen and oxygen atoms in total. The quantitative estimate of drug-likeness (QED) is 0.609. The van der Waals surface area contributed by atoms with Crippen LogP contribution in [0.3, 0.4) is 0 Å². The van der Waals surface area contributed by atoms with Crippen LogP contribution in [0.5, 0.6) is 0 Å². The highest BCUT2D eigenvalue weighted by molar-refractivity contribution is 5.69. The summed E-state index contributed by atoms with van der Waals surface area (Å²) in [6.45, 7) is 3.76. The summed E-state index contributed by atoms with van der Waals surface area (Å²) < 4.78 is 10.3. The van der Waals surface area contributed by atoms with Gasteiger partial charge < -0.3 is 9.47 Å². The van der Waals surface area contributed by atoms with E-state index in [1.807, 2.05) is 12.1 Å². The number of rotatable bonds is 0. The van der Waals surface area contributed by atoms with E-state index < -0.39 is 11.1 Å². The Kier molecular flexibility index (Phi) is 8.71. The molecule has 1 aliphatic heterocycles. The topological polar surface area (TPSA) is 125 Å². The number of azo groups is 1. The first-order chi connectivity index (χ1) is 12.3. The van der Waals surface area contributed by atoms with E-state index in [1.165, 1.54) is 0 Å². The Balaban J connectivity index is 2.85. The molecule has 26 heavy (non-hydrogen) atoms. The molecule has 1 rings (SSSR count). The Morgan fingerprint density at radius 3 is 1.54 bits per heavy atom. The van der Waals surface area contributed by atoms with Crippen LogP contribution in [0.15, 0.2) is 10.2 Å². The molecule has 0 radical (unpaired) electrons. The molecule has 0 saturated carbocycles. The Hall–Kier alpha value is -2.48. The second-order valence-corrected chi connectivity index (χ2v) is 6.83. The predicted octanol–water partition coefficient (Wildman–Crippen LogP) is 3.22. The second kappa shape index (κ2) is 10.5. The van der Waals surface area contributed by atoms with Crippen molar-refractivity contribution in [3.8, 4) is 12.1 Å². The minimum Gasteiger partial charge on any atom is -0.466 e. The van der Waals surface area contributed by atoms with E-state index in [2.05, 4.69) is 10.2 Å². The summed E-state index contributed by atoms with van der Waals surface area (Å²) in [5.41, 5.74) is -2.47. The van der Waals surface area contributed by atoms with Crippen LogP contribution in [-0.4, -0.2) is 36.2 Å². The molecule has 0 aliphatic carbocycles. The van der Waals surface area contributed by atoms with E-state index in [4.69, 9.17) is 9.47 Å². The van der Waals surface area contributed by atoms with Gasteiger partial charge in [-0.25, -0.2) is 0 Å². The molecule has 0 N–H and O–H groups in total. The van der Waals surface area contributed by atoms with Gasteiger partial charge in [-0.15, -0.1) is 0 Å². The van der Waals surface area contributed by atoms with Crippen molar-refractivity contribution in [2.45, 2.75) is 76.3 Å². The van der Waals surface area contributed by atoms with Crippen LogP contribution in [0.4, 0.5) is 0 Å². The Labute approximate surface area is 154 Å². The van der Waals surface area contributed by atoms with Gasteiger partial charge in [0.15, 0.2) is 11.1 Å². The molecule has 0 amide bonds. The summed E-state index contributed by atoms with van der Waals surface area (Å²) in [6, 6.07) is 4.05. The number of ether oxygens (including phenoxy) is 2. The van der Waals surface area contributed by atoms with Crippen LogP contribution in [0.25, 0.3) is 0 Å². The summed E-state index contributed by atoms with van der Waals surface area (Å²) in [4.78, 5) is 23.6. The van der Waals surface area contributed by atoms with Gasteiger partial charge in [-0.05, 0) is 52.4 Å². The van der Waals surface area contributed by atoms with Crippen molar-refractivity contribution < 1.29 is 19.1 Å². The summed E-state index contributed by atoms with van der Waals surface area (Å²) >= 11 is 0. The van der Waals surface area contributed by atoms with Gasteiger partial charge in [0, 0.05) is 12.8 Å². The van der Waals surface area contributed by atoms with E-state index in [0.717, 1.165) is 25.7 Å². The van der Waals surface area contributed by atoms with Crippen molar-refractivity contribution in [1.29, 1.82) is 10.5 Å². The van der Waals surface area contributed by atoms with Crippen LogP contribution in [0.2, 0.25) is 0 Å². The highest BCUT2D eigenvalue weighted by Gasteiger charge is 2.30. The number of hydrogen-bond donors (Lipinski definition) is 0. The number of nitriles is 2. The molecule has 2 atom stereocenters. The van der Waals surface area contributed by atoms with Crippen molar-refractivity contribution in [3.63, 3.8) is 0 Å². The fourth-order valence-electron chi connectivity index (χ4n) is 2.24. The molecule has 0 aromatic carbocycles. The normalized spacial score (nSPS) is 30.0. The van der Waals surface area contributed by atoms with Crippen LogP contribution in [0.1, 0.15) is 65.2 Å². The van der Waals surface area contributed by atoms with Crippen LogP contribution >= 0.6 is 0 Å². The number of hydrogen-bond acceptors (Lipinski definition) is 8. The average Bonchev–Trinajstić information content (AvgIpc) is 2.64. The van der Waals surface area contributed by atoms with E-state index >= 15 is 0 Å². The maximum Gasteiger partial charge on any atom is 0.305 e. The largest absolute Gasteiger partial charge is 0.466 e. The highest BCUT2D eigenvalue weighted by Crippen LogP contribution is 2.24. The van der Waals surface area contributed by atoms with E-state index in [1.54, 1.807) is 13.8 Å². The highest BCUT2D eigenvalue weighted by atomic mass is 16.5. The Morgan fingerprint density at radius 1 is 0.808 bits per heavy atom. The minimum atomic E-state index is -1.23. The first-order valence-electron chi connectivity index (χ1n) is 8.90. The molecule has 0 saturated heterocycles. The zero-order valence-electron chi connectivity index (χ0n) is 15.5. The maximum atomic E-state index is 11.8. The molecule has 0 aromatic rings. The number of nitrogens with zero attached hydrogens (tertiary/aromatic N) is 4. The van der Waals surface area contributed by atoms with Gasteiger partial charge in [0.2, 0.25) is 0 Å². The molecule has 1 heterocycles. The minimum absolute atomic E-state index is 0.0542. The fourth-order valence-corrected chi connectivity index (χ4v) is 2.24. The summed E-state index contributed by atoms with van der Waals surface area (Å²) in [5, 5.41) is 26.7. The molecule has 0 spiro atoms. The lowest BCUT2D eigenvalue weighted by atomic mass is 9.97. The standard InChI is InChI=1S/C18H26N4O4/c1-17(13-19)9-7-15(23)25-11-5-3-4-6-12-26-16(24)8-10-18(2,14-20)22-21-17/h3-12H2,1-2H3. The summed E-state index contributed by atoms with van der Waals surface area (Å²) in [5.74, 6) is -0.750. The maximum absolute atomic E-state index is 11.8. The molecule has 2 unspecified atom stereocenters. The van der Waals surface area contributed by atoms with Gasteiger partial charge in [0.05, 0.1) is 25.4 Å². The first-order valence-corrected chi connectivity index (χ1v) is 8.90. The van der Waals surface area contributed by atoms with E-state index in [9.17, 15) is 20.1 Å². The third-order valence-electron chi connectivity index (χ3n) is 4.17. The number of esters is 2. The Morgan fingerprint density at radius 2 is 1.19 bits per heavy atom. The van der Waals surface area contributed by atoms with Gasteiger partial charge in [0.1, 0.15) is 0 Å². The van der Waals surface area contributed by atoms with Crippen LogP contribution in [0, 0.1) is 22.7 Å². The zero-order chi connectivity index (χ0) is 19.5. The first kappa shape index (κ1) is 21.6. The molecule has 0 fully saturated rings. The lowest BCUT2D eigenvalue weighted by molar-refractivity contribution is -0.145. The fraction of sp³-hybridized carbons (Fsp3) is 0.778. The smallest absolute Gasteiger partial charge is 0.305 e. The van der Waals surface area contributed by atoms with Crippen LogP contribution in [-0.2, 0) is 19.1 Å². The average molecular weight is 362 g/mol. The predicted molar refractivity (Wildman–Crippen MR) is 91.7 cm³/mol. The van der Waals surface area contributed by atoms with Gasteiger partial charge in [0.25, 0.3) is 0 Å². The van der Waals surface area contributed by atoms with Crippen molar-refractivity contribution in [2.24, 2.45) is 10.2 Å². The van der Waals surface area contributed by atoms with Crippen molar-refractivity contribution in [3.05, 3.63) is 0 Å². The number of carbonyl (C=O) groups excluding carboxylic acids is 2. The molecule has 1 aliphatic rings. The number of carbonyl (C=O) groups is 2. The van der Waals surface area contributed by atoms with Crippen molar-refractivity contribution >= 4 is 11.9 Å². The molecule has 8 heteroatoms. The van der Waals surface area contributed by atoms with Gasteiger partial charge in [-0.2, -0.15) is 20.8 Å². The van der Waals surface area contributed by atoms with Crippen LogP contribution < -0.4 is 0 Å². The van der Waals surface area contributed by atoms with E-state index in [0.29, 0.717) is 13.2 Å². The molecule has 0 aromatic heterocycles. The van der Waals surface area contributed by atoms with Crippen molar-refractivity contribution in [1.82, 2.24) is 0 Å². The molecule has 0 bridgehead atoms. The third kappa shape index (κ3) is 8.06. The lowest BCUT2D eigenvalue weighted by Gasteiger charge is -2.19. The van der Waals surface area contributed by atoms with E-state index in [-0.39, 0.29) is 37.6 Å². The molecular formula is C18H26N4O4. The summed E-state index contributed by atoms with van der Waals surface area (Å²) in [7, 11) is 0. The molecule has 142 valence electrons. The second-order valence-electron chi connectivity index (χ2n) is 6.83. The van der Waals surface area contributed by atoms with Gasteiger partial charge in [-0.1, -0.05) is 0 Å². The molecular weight excluding hydrogens is 336 g/mol. The zero-order valence-corrected chi connectivity index (χ0v) is 15.5. The lowest BCUT2D eigenvalue weighted by Crippen LogP contribution is -2.25. The Bertz CT molecular complexity index is 555. The van der Waals surface area contributed by atoms with Crippen molar-refractivity contribution in [2.75, 3.05) is 13.2 Å². The SMILES string of the molecule is CC1(C#N)CCC(=O)OCCCCCCOC(=O)CCC(C)(C#N)N=N1. The van der Waals surface area contributed by atoms with Gasteiger partial charge >= 0.3 is 11.9 Å². The third-order valence-corrected chi connectivity index (χ3v) is 4.17. The summed E-state index contributed by atoms with van der Waals surface area (Å²) in [6.07, 6.45) is 3.65. The monoisotopic (exact) mass is 362 g/mol. The van der Waals surface area contributed by atoms with Gasteiger partial charge in [-0.3, -0.25) is 9.59 Å². The number of cyclic esters (lactones) is 2.